The van der Waals surface area contributed by atoms with Crippen LogP contribution in [-0.4, -0.2) is 58.9 Å². The maximum atomic E-state index is 10.7. The Morgan fingerprint density at radius 2 is 2.05 bits per heavy atom. The monoisotopic (exact) mass is 304 g/mol. The number of halogens is 2. The summed E-state index contributed by atoms with van der Waals surface area (Å²) < 4.78 is 0. The smallest absolute Gasteiger partial charge is 0.317 e. The minimum Gasteiger partial charge on any atom is -0.480 e. The second-order valence-electron chi connectivity index (χ2n) is 4.35. The van der Waals surface area contributed by atoms with Gasteiger partial charge in [-0.15, -0.1) is 10.2 Å². The second kappa shape index (κ2) is 6.36. The molecule has 0 radical (unpaired) electrons. The molecule has 0 atom stereocenters. The summed E-state index contributed by atoms with van der Waals surface area (Å²) in [6.45, 7) is 2.97. The van der Waals surface area contributed by atoms with Crippen LogP contribution >= 0.6 is 23.2 Å². The Labute approximate surface area is 120 Å². The minimum absolute atomic E-state index is 0.0664. The van der Waals surface area contributed by atoms with Gasteiger partial charge in [0, 0.05) is 32.2 Å². The summed E-state index contributed by atoms with van der Waals surface area (Å²) >= 11 is 11.8. The van der Waals surface area contributed by atoms with Crippen LogP contribution in [0.3, 0.4) is 0 Å². The summed E-state index contributed by atoms with van der Waals surface area (Å²) in [6.07, 6.45) is 0.865. The number of anilines is 1. The summed E-state index contributed by atoms with van der Waals surface area (Å²) in [5.41, 5.74) is 0.749. The number of carboxylic acid groups (broad SMARTS) is 1. The first-order chi connectivity index (χ1) is 9.06. The molecule has 19 heavy (non-hydrogen) atoms. The molecule has 0 aromatic carbocycles. The Morgan fingerprint density at radius 1 is 1.26 bits per heavy atom. The summed E-state index contributed by atoms with van der Waals surface area (Å²) in [4.78, 5) is 14.7. The third kappa shape index (κ3) is 3.92. The standard InChI is InChI=1S/C11H14Cl2N4O2/c12-9-6-8(11(13)15-14-9)17-3-1-2-16(4-5-17)7-10(18)19/h6H,1-5,7H2,(H,18,19). The molecule has 0 bridgehead atoms. The number of carbonyl (C=O) groups is 1. The number of aliphatic carboxylic acids is 1. The average molecular weight is 305 g/mol. The van der Waals surface area contributed by atoms with Gasteiger partial charge in [-0.25, -0.2) is 0 Å². The molecule has 0 amide bonds. The van der Waals surface area contributed by atoms with Gasteiger partial charge in [0.1, 0.15) is 0 Å². The van der Waals surface area contributed by atoms with Crippen molar-refractivity contribution in [2.24, 2.45) is 0 Å². The maximum Gasteiger partial charge on any atom is 0.317 e. The fraction of sp³-hybridized carbons (Fsp3) is 0.545. The molecule has 1 aliphatic rings. The van der Waals surface area contributed by atoms with Gasteiger partial charge < -0.3 is 10.0 Å². The quantitative estimate of drug-likeness (QED) is 0.910. The first-order valence-corrected chi connectivity index (χ1v) is 6.69. The molecule has 0 saturated carbocycles. The van der Waals surface area contributed by atoms with Gasteiger partial charge >= 0.3 is 5.97 Å². The van der Waals surface area contributed by atoms with Crippen LogP contribution in [0.15, 0.2) is 6.07 Å². The van der Waals surface area contributed by atoms with Gasteiger partial charge in [0.2, 0.25) is 0 Å². The topological polar surface area (TPSA) is 69.6 Å². The van der Waals surface area contributed by atoms with E-state index in [4.69, 9.17) is 28.3 Å². The highest BCUT2D eigenvalue weighted by Crippen LogP contribution is 2.26. The highest BCUT2D eigenvalue weighted by molar-refractivity contribution is 6.33. The number of nitrogens with zero attached hydrogens (tertiary/aromatic N) is 4. The highest BCUT2D eigenvalue weighted by Gasteiger charge is 2.19. The van der Waals surface area contributed by atoms with E-state index in [1.165, 1.54) is 0 Å². The summed E-state index contributed by atoms with van der Waals surface area (Å²) in [5, 5.41) is 16.9. The van der Waals surface area contributed by atoms with Crippen LogP contribution < -0.4 is 4.90 Å². The van der Waals surface area contributed by atoms with Crippen molar-refractivity contribution < 1.29 is 9.90 Å². The van der Waals surface area contributed by atoms with Crippen molar-refractivity contribution in [1.29, 1.82) is 0 Å². The van der Waals surface area contributed by atoms with Crippen LogP contribution in [0.1, 0.15) is 6.42 Å². The Balaban J connectivity index is 2.06. The SMILES string of the molecule is O=C(O)CN1CCCN(c2cc(Cl)nnc2Cl)CC1. The van der Waals surface area contributed by atoms with Crippen LogP contribution in [0.4, 0.5) is 5.69 Å². The fourth-order valence-corrected chi connectivity index (χ4v) is 2.48. The zero-order valence-electron chi connectivity index (χ0n) is 10.2. The Bertz CT molecular complexity index is 472. The molecule has 8 heteroatoms. The molecule has 1 fully saturated rings. The van der Waals surface area contributed by atoms with Crippen molar-refractivity contribution in [2.45, 2.75) is 6.42 Å². The van der Waals surface area contributed by atoms with Crippen LogP contribution in [0.5, 0.6) is 0 Å². The van der Waals surface area contributed by atoms with Gasteiger partial charge in [-0.2, -0.15) is 0 Å². The number of rotatable bonds is 3. The van der Waals surface area contributed by atoms with Crippen LogP contribution in [0.25, 0.3) is 0 Å². The molecule has 2 heterocycles. The molecule has 1 saturated heterocycles. The molecule has 0 unspecified atom stereocenters. The third-order valence-corrected chi connectivity index (χ3v) is 3.44. The number of carboxylic acids is 1. The molecule has 104 valence electrons. The van der Waals surface area contributed by atoms with E-state index in [-0.39, 0.29) is 6.54 Å². The van der Waals surface area contributed by atoms with Crippen molar-refractivity contribution in [2.75, 3.05) is 37.6 Å². The van der Waals surface area contributed by atoms with Gasteiger partial charge in [0.25, 0.3) is 0 Å². The van der Waals surface area contributed by atoms with Crippen molar-refractivity contribution in [3.63, 3.8) is 0 Å². The first-order valence-electron chi connectivity index (χ1n) is 5.94. The van der Waals surface area contributed by atoms with Crippen LogP contribution in [0.2, 0.25) is 10.3 Å². The van der Waals surface area contributed by atoms with Crippen LogP contribution in [0, 0.1) is 0 Å². The largest absolute Gasteiger partial charge is 0.480 e. The van der Waals surface area contributed by atoms with E-state index in [0.717, 1.165) is 25.2 Å². The molecule has 6 nitrogen and oxygen atoms in total. The van der Waals surface area contributed by atoms with Gasteiger partial charge in [0.05, 0.1) is 12.2 Å². The molecule has 1 N–H and O–H groups in total. The molecule has 2 rings (SSSR count). The van der Waals surface area contributed by atoms with Crippen molar-refractivity contribution in [3.8, 4) is 0 Å². The highest BCUT2D eigenvalue weighted by atomic mass is 35.5. The predicted octanol–water partition coefficient (Wildman–Crippen LogP) is 1.38. The van der Waals surface area contributed by atoms with Gasteiger partial charge in [-0.05, 0) is 6.42 Å². The molecule has 1 aromatic rings. The van der Waals surface area contributed by atoms with Crippen molar-refractivity contribution in [3.05, 3.63) is 16.4 Å². The normalized spacial score (nSPS) is 17.3. The summed E-state index contributed by atoms with van der Waals surface area (Å²) in [5.74, 6) is -0.805. The lowest BCUT2D eigenvalue weighted by atomic mass is 10.3. The van der Waals surface area contributed by atoms with Crippen molar-refractivity contribution in [1.82, 2.24) is 15.1 Å². The molecule has 0 spiro atoms. The van der Waals surface area contributed by atoms with Gasteiger partial charge in [0.15, 0.2) is 10.3 Å². The molecule has 1 aliphatic heterocycles. The van der Waals surface area contributed by atoms with E-state index in [0.29, 0.717) is 23.4 Å². The first kappa shape index (κ1) is 14.3. The lowest BCUT2D eigenvalue weighted by Gasteiger charge is -2.23. The van der Waals surface area contributed by atoms with E-state index in [1.54, 1.807) is 6.07 Å². The summed E-state index contributed by atoms with van der Waals surface area (Å²) in [7, 11) is 0. The zero-order valence-corrected chi connectivity index (χ0v) is 11.7. The zero-order chi connectivity index (χ0) is 13.8. The van der Waals surface area contributed by atoms with Crippen molar-refractivity contribution >= 4 is 34.9 Å². The van der Waals surface area contributed by atoms with Gasteiger partial charge in [-0.1, -0.05) is 23.2 Å². The van der Waals surface area contributed by atoms with Gasteiger partial charge in [-0.3, -0.25) is 9.69 Å². The Hall–Kier alpha value is -1.11. The number of aromatic nitrogens is 2. The minimum atomic E-state index is -0.805. The Morgan fingerprint density at radius 3 is 2.79 bits per heavy atom. The lowest BCUT2D eigenvalue weighted by molar-refractivity contribution is -0.138. The average Bonchev–Trinajstić information content (AvgIpc) is 2.57. The number of hydrogen-bond acceptors (Lipinski definition) is 5. The van der Waals surface area contributed by atoms with E-state index >= 15 is 0 Å². The predicted molar refractivity (Wildman–Crippen MR) is 73.0 cm³/mol. The molecule has 0 aliphatic carbocycles. The molecular formula is C11H14Cl2N4O2. The third-order valence-electron chi connectivity index (χ3n) is 2.99. The summed E-state index contributed by atoms with van der Waals surface area (Å²) in [6, 6.07) is 1.68. The fourth-order valence-electron chi connectivity index (χ4n) is 2.13. The number of hydrogen-bond donors (Lipinski definition) is 1. The van der Waals surface area contributed by atoms with E-state index in [9.17, 15) is 4.79 Å². The molecular weight excluding hydrogens is 291 g/mol. The second-order valence-corrected chi connectivity index (χ2v) is 5.10. The lowest BCUT2D eigenvalue weighted by Crippen LogP contribution is -2.34. The van der Waals surface area contributed by atoms with E-state index in [1.807, 2.05) is 4.90 Å². The molecule has 1 aromatic heterocycles. The Kier molecular flexibility index (Phi) is 4.79. The van der Waals surface area contributed by atoms with E-state index in [2.05, 4.69) is 15.1 Å². The van der Waals surface area contributed by atoms with Crippen LogP contribution in [-0.2, 0) is 4.79 Å². The van der Waals surface area contributed by atoms with E-state index < -0.39 is 5.97 Å². The maximum absolute atomic E-state index is 10.7.